The molecule has 2 nitrogen and oxygen atoms in total. The highest BCUT2D eigenvalue weighted by Gasteiger charge is 2.34. The first-order valence-electron chi connectivity index (χ1n) is 11.5. The highest BCUT2D eigenvalue weighted by atomic mass is 32.2. The number of unbranched alkanes of at least 4 members (excludes halogenated alkanes) is 10. The van der Waals surface area contributed by atoms with Gasteiger partial charge in [0.15, 0.2) is 4.08 Å². The van der Waals surface area contributed by atoms with Gasteiger partial charge >= 0.3 is 5.97 Å². The summed E-state index contributed by atoms with van der Waals surface area (Å²) in [5.41, 5.74) is 0. The van der Waals surface area contributed by atoms with Crippen LogP contribution in [0.2, 0.25) is 0 Å². The van der Waals surface area contributed by atoms with Crippen molar-refractivity contribution in [3.8, 4) is 0 Å². The van der Waals surface area contributed by atoms with Gasteiger partial charge in [0.2, 0.25) is 0 Å². The van der Waals surface area contributed by atoms with Crippen molar-refractivity contribution in [3.05, 3.63) is 0 Å². The summed E-state index contributed by atoms with van der Waals surface area (Å²) in [4.78, 5) is 11.8. The molecule has 2 unspecified atom stereocenters. The van der Waals surface area contributed by atoms with E-state index in [9.17, 15) is 9.90 Å². The van der Waals surface area contributed by atoms with Crippen LogP contribution in [-0.2, 0) is 4.79 Å². The Hall–Kier alpha value is 0.170. The van der Waals surface area contributed by atoms with Gasteiger partial charge < -0.3 is 5.11 Å². The molecule has 0 aromatic heterocycles. The third-order valence-corrected chi connectivity index (χ3v) is 8.69. The average Bonchev–Trinajstić information content (AvgIpc) is 2.66. The lowest BCUT2D eigenvalue weighted by Gasteiger charge is -2.26. The minimum absolute atomic E-state index is 0.657. The van der Waals surface area contributed by atoms with Gasteiger partial charge in [0, 0.05) is 0 Å². The zero-order chi connectivity index (χ0) is 20.4. The molecule has 0 saturated heterocycles. The van der Waals surface area contributed by atoms with E-state index in [1.165, 1.54) is 77.0 Å². The number of hydrogen-bond acceptors (Lipinski definition) is 3. The Bertz CT molecular complexity index is 349. The normalized spacial score (nSPS) is 14.8. The van der Waals surface area contributed by atoms with Gasteiger partial charge in [-0.25, -0.2) is 4.79 Å². The van der Waals surface area contributed by atoms with E-state index >= 15 is 0 Å². The van der Waals surface area contributed by atoms with Crippen LogP contribution in [-0.4, -0.2) is 26.7 Å². The van der Waals surface area contributed by atoms with E-state index in [0.717, 1.165) is 24.3 Å². The fourth-order valence-corrected chi connectivity index (χ4v) is 5.93. The van der Waals surface area contributed by atoms with Gasteiger partial charge in [0.05, 0.1) is 0 Å². The van der Waals surface area contributed by atoms with Gasteiger partial charge in [-0.1, -0.05) is 97.8 Å². The minimum Gasteiger partial charge on any atom is -0.480 e. The van der Waals surface area contributed by atoms with Crippen molar-refractivity contribution in [3.63, 3.8) is 0 Å². The van der Waals surface area contributed by atoms with Crippen LogP contribution in [0.4, 0.5) is 0 Å². The summed E-state index contributed by atoms with van der Waals surface area (Å²) in [6.07, 6.45) is 18.2. The summed E-state index contributed by atoms with van der Waals surface area (Å²) < 4.78 is -0.682. The molecule has 0 aromatic rings. The molecular formula is C23H46O2S2. The zero-order valence-electron chi connectivity index (χ0n) is 18.6. The number of carboxylic acid groups (broad SMARTS) is 1. The van der Waals surface area contributed by atoms with Crippen molar-refractivity contribution in [2.24, 2.45) is 5.92 Å². The maximum absolute atomic E-state index is 11.8. The quantitative estimate of drug-likeness (QED) is 0.159. The highest BCUT2D eigenvalue weighted by Crippen LogP contribution is 2.39. The van der Waals surface area contributed by atoms with E-state index in [2.05, 4.69) is 20.8 Å². The molecule has 0 radical (unpaired) electrons. The number of hydrogen-bond donors (Lipinski definition) is 1. The lowest BCUT2D eigenvalue weighted by atomic mass is 10.0. The monoisotopic (exact) mass is 418 g/mol. The van der Waals surface area contributed by atoms with Crippen LogP contribution in [0.15, 0.2) is 0 Å². The second-order valence-electron chi connectivity index (χ2n) is 8.01. The largest absolute Gasteiger partial charge is 0.480 e. The molecule has 0 aliphatic carbocycles. The second kappa shape index (κ2) is 18.2. The molecule has 27 heavy (non-hydrogen) atoms. The molecule has 0 rings (SSSR count). The fourth-order valence-electron chi connectivity index (χ4n) is 3.20. The Morgan fingerprint density at radius 1 is 0.815 bits per heavy atom. The molecule has 0 bridgehead atoms. The predicted octanol–water partition coefficient (Wildman–Crippen LogP) is 8.39. The van der Waals surface area contributed by atoms with E-state index in [0.29, 0.717) is 5.92 Å². The van der Waals surface area contributed by atoms with Gasteiger partial charge in [0.25, 0.3) is 0 Å². The molecule has 0 aliphatic heterocycles. The molecule has 0 amide bonds. The number of carbonyl (C=O) groups is 1. The van der Waals surface area contributed by atoms with Crippen LogP contribution in [0, 0.1) is 5.92 Å². The van der Waals surface area contributed by atoms with E-state index in [1.54, 1.807) is 23.5 Å². The van der Waals surface area contributed by atoms with Crippen molar-refractivity contribution in [2.75, 3.05) is 11.5 Å². The van der Waals surface area contributed by atoms with Crippen LogP contribution in [0.3, 0.4) is 0 Å². The van der Waals surface area contributed by atoms with E-state index in [-0.39, 0.29) is 0 Å². The molecule has 1 N–H and O–H groups in total. The first-order valence-corrected chi connectivity index (χ1v) is 13.5. The molecular weight excluding hydrogens is 372 g/mol. The van der Waals surface area contributed by atoms with Crippen LogP contribution >= 0.6 is 23.5 Å². The SMILES string of the molecule is CCCCCCCCCCCCSC(C)(SCC(CC)CCCC)C(=O)O. The zero-order valence-corrected chi connectivity index (χ0v) is 20.2. The van der Waals surface area contributed by atoms with Crippen molar-refractivity contribution in [1.82, 2.24) is 0 Å². The molecule has 0 aromatic carbocycles. The molecule has 2 atom stereocenters. The molecule has 4 heteroatoms. The highest BCUT2D eigenvalue weighted by molar-refractivity contribution is 8.19. The Labute approximate surface area is 178 Å². The van der Waals surface area contributed by atoms with Crippen molar-refractivity contribution < 1.29 is 9.90 Å². The lowest BCUT2D eigenvalue weighted by Crippen LogP contribution is -2.29. The summed E-state index contributed by atoms with van der Waals surface area (Å²) in [7, 11) is 0. The predicted molar refractivity (Wildman–Crippen MR) is 126 cm³/mol. The lowest BCUT2D eigenvalue weighted by molar-refractivity contribution is -0.136. The summed E-state index contributed by atoms with van der Waals surface area (Å²) in [6, 6.07) is 0. The molecule has 0 spiro atoms. The average molecular weight is 419 g/mol. The molecule has 0 heterocycles. The number of rotatable bonds is 20. The maximum atomic E-state index is 11.8. The Morgan fingerprint density at radius 2 is 1.33 bits per heavy atom. The van der Waals surface area contributed by atoms with Crippen LogP contribution in [0.5, 0.6) is 0 Å². The van der Waals surface area contributed by atoms with E-state index in [4.69, 9.17) is 0 Å². The van der Waals surface area contributed by atoms with Gasteiger partial charge in [-0.3, -0.25) is 0 Å². The van der Waals surface area contributed by atoms with E-state index in [1.807, 2.05) is 6.92 Å². The van der Waals surface area contributed by atoms with Gasteiger partial charge in [-0.2, -0.15) is 0 Å². The smallest absolute Gasteiger partial charge is 0.329 e. The standard InChI is InChI=1S/C23H46O2S2/c1-5-8-10-11-12-13-14-15-16-17-19-26-23(4,22(24)25)27-20-21(7-3)18-9-6-2/h21H,5-20H2,1-4H3,(H,24,25). The van der Waals surface area contributed by atoms with Gasteiger partial charge in [0.1, 0.15) is 0 Å². The first-order chi connectivity index (χ1) is 13.0. The second-order valence-corrected chi connectivity index (χ2v) is 11.2. The van der Waals surface area contributed by atoms with E-state index < -0.39 is 10.0 Å². The van der Waals surface area contributed by atoms with Crippen molar-refractivity contribution in [2.45, 2.75) is 122 Å². The Balaban J connectivity index is 3.89. The fraction of sp³-hybridized carbons (Fsp3) is 0.957. The summed E-state index contributed by atoms with van der Waals surface area (Å²) in [6.45, 7) is 8.63. The van der Waals surface area contributed by atoms with Crippen LogP contribution in [0.25, 0.3) is 0 Å². The maximum Gasteiger partial charge on any atom is 0.329 e. The third kappa shape index (κ3) is 14.8. The number of thioether (sulfide) groups is 2. The van der Waals surface area contributed by atoms with Crippen LogP contribution < -0.4 is 0 Å². The van der Waals surface area contributed by atoms with Gasteiger partial charge in [-0.05, 0) is 37.2 Å². The summed E-state index contributed by atoms with van der Waals surface area (Å²) in [5.74, 6) is 1.95. The number of carboxylic acids is 1. The molecule has 162 valence electrons. The number of aliphatic carboxylic acids is 1. The molecule has 0 aliphatic rings. The topological polar surface area (TPSA) is 37.3 Å². The minimum atomic E-state index is -0.682. The first kappa shape index (κ1) is 27.2. The molecule has 0 fully saturated rings. The molecule has 0 saturated carbocycles. The Morgan fingerprint density at radius 3 is 1.81 bits per heavy atom. The summed E-state index contributed by atoms with van der Waals surface area (Å²) >= 11 is 3.31. The van der Waals surface area contributed by atoms with Gasteiger partial charge in [-0.15, -0.1) is 23.5 Å². The summed E-state index contributed by atoms with van der Waals surface area (Å²) in [5, 5.41) is 9.71. The van der Waals surface area contributed by atoms with Crippen LogP contribution in [0.1, 0.15) is 118 Å². The Kier molecular flexibility index (Phi) is 18.3. The third-order valence-electron chi connectivity index (χ3n) is 5.40. The van der Waals surface area contributed by atoms with Crippen molar-refractivity contribution >= 4 is 29.5 Å². The van der Waals surface area contributed by atoms with Crippen molar-refractivity contribution in [1.29, 1.82) is 0 Å².